The van der Waals surface area contributed by atoms with Gasteiger partial charge in [0, 0.05) is 20.1 Å². The lowest BCUT2D eigenvalue weighted by atomic mass is 9.95. The van der Waals surface area contributed by atoms with Crippen LogP contribution in [0.15, 0.2) is 14.7 Å². The van der Waals surface area contributed by atoms with E-state index in [9.17, 15) is 14.4 Å². The zero-order chi connectivity index (χ0) is 20.6. The van der Waals surface area contributed by atoms with Crippen LogP contribution in [-0.4, -0.2) is 34.9 Å². The first-order valence-corrected chi connectivity index (χ1v) is 10.3. The predicted molar refractivity (Wildman–Crippen MR) is 108 cm³/mol. The fourth-order valence-corrected chi connectivity index (χ4v) is 4.72. The first-order valence-electron chi connectivity index (χ1n) is 9.41. The summed E-state index contributed by atoms with van der Waals surface area (Å²) < 4.78 is 4.12. The van der Waals surface area contributed by atoms with Crippen molar-refractivity contribution in [1.29, 1.82) is 0 Å². The molecule has 1 unspecified atom stereocenters. The maximum absolute atomic E-state index is 13.0. The van der Waals surface area contributed by atoms with Crippen molar-refractivity contribution in [3.05, 3.63) is 32.2 Å². The van der Waals surface area contributed by atoms with Crippen molar-refractivity contribution in [3.63, 3.8) is 0 Å². The fourth-order valence-electron chi connectivity index (χ4n) is 3.70. The Morgan fingerprint density at radius 1 is 1.14 bits per heavy atom. The van der Waals surface area contributed by atoms with Crippen LogP contribution in [0, 0.1) is 6.92 Å². The minimum absolute atomic E-state index is 0.115. The van der Waals surface area contributed by atoms with Gasteiger partial charge < -0.3 is 10.3 Å². The Labute approximate surface area is 166 Å². The number of hydrogen-bond acceptors (Lipinski definition) is 7. The molecule has 28 heavy (non-hydrogen) atoms. The average Bonchev–Trinajstić information content (AvgIpc) is 3.05. The van der Waals surface area contributed by atoms with E-state index in [1.165, 1.54) is 45.1 Å². The van der Waals surface area contributed by atoms with Crippen molar-refractivity contribution >= 4 is 23.4 Å². The molecule has 0 amide bonds. The third-order valence-corrected chi connectivity index (χ3v) is 6.44. The molecule has 0 radical (unpaired) electrons. The van der Waals surface area contributed by atoms with Crippen LogP contribution < -0.4 is 17.0 Å². The Hall–Kier alpha value is -2.36. The molecule has 1 saturated carbocycles. The minimum atomic E-state index is -0.678. The number of thioether (sulfide) groups is 1. The minimum Gasteiger partial charge on any atom is -0.384 e. The molecule has 0 aromatic carbocycles. The highest BCUT2D eigenvalue weighted by Crippen LogP contribution is 2.34. The monoisotopic (exact) mass is 406 g/mol. The lowest BCUT2D eigenvalue weighted by molar-refractivity contribution is 0.0992. The summed E-state index contributed by atoms with van der Waals surface area (Å²) in [7, 11) is 2.77. The van der Waals surface area contributed by atoms with Gasteiger partial charge in [0.05, 0.1) is 5.25 Å². The van der Waals surface area contributed by atoms with Gasteiger partial charge in [0.15, 0.2) is 10.9 Å². The predicted octanol–water partition coefficient (Wildman–Crippen LogP) is 1.43. The van der Waals surface area contributed by atoms with Gasteiger partial charge in [0.1, 0.15) is 17.2 Å². The van der Waals surface area contributed by atoms with E-state index in [2.05, 4.69) is 14.8 Å². The largest absolute Gasteiger partial charge is 0.384 e. The van der Waals surface area contributed by atoms with Crippen molar-refractivity contribution in [2.75, 3.05) is 5.73 Å². The molecule has 0 saturated heterocycles. The third kappa shape index (κ3) is 3.52. The van der Waals surface area contributed by atoms with Gasteiger partial charge in [-0.1, -0.05) is 31.0 Å². The highest BCUT2D eigenvalue weighted by Gasteiger charge is 2.28. The van der Waals surface area contributed by atoms with E-state index in [0.717, 1.165) is 27.8 Å². The van der Waals surface area contributed by atoms with Crippen LogP contribution >= 0.6 is 11.8 Å². The van der Waals surface area contributed by atoms with E-state index in [1.54, 1.807) is 6.92 Å². The summed E-state index contributed by atoms with van der Waals surface area (Å²) in [6.07, 6.45) is 5.73. The molecule has 2 N–H and O–H groups in total. The maximum atomic E-state index is 13.0. The quantitative estimate of drug-likeness (QED) is 0.589. The van der Waals surface area contributed by atoms with Gasteiger partial charge in [-0.2, -0.15) is 0 Å². The Morgan fingerprint density at radius 2 is 1.79 bits per heavy atom. The van der Waals surface area contributed by atoms with Gasteiger partial charge >= 0.3 is 5.69 Å². The van der Waals surface area contributed by atoms with Crippen LogP contribution in [0.5, 0.6) is 0 Å². The molecule has 2 aromatic heterocycles. The molecule has 2 aromatic rings. The molecule has 9 nitrogen and oxygen atoms in total. The zero-order valence-electron chi connectivity index (χ0n) is 16.6. The second-order valence-electron chi connectivity index (χ2n) is 7.28. The molecular weight excluding hydrogens is 380 g/mol. The molecule has 1 aliphatic rings. The molecule has 10 heteroatoms. The number of nitrogens with zero attached hydrogens (tertiary/aromatic N) is 5. The number of nitrogen functional groups attached to an aromatic ring is 1. The standard InChI is InChI=1S/C18H26N6O3S/c1-10(14(25)13-15(19)22(3)18(27)23(4)16(13)26)28-17-21-20-11(2)24(17)12-8-6-5-7-9-12/h10,12H,5-9,19H2,1-4H3. The Morgan fingerprint density at radius 3 is 2.43 bits per heavy atom. The summed E-state index contributed by atoms with van der Waals surface area (Å²) in [5, 5.41) is 8.52. The Balaban J connectivity index is 1.91. The van der Waals surface area contributed by atoms with Crippen LogP contribution in [0.3, 0.4) is 0 Å². The molecule has 152 valence electrons. The number of hydrogen-bond donors (Lipinski definition) is 1. The molecule has 1 aliphatic carbocycles. The van der Waals surface area contributed by atoms with Gasteiger partial charge in [0.25, 0.3) is 5.56 Å². The van der Waals surface area contributed by atoms with E-state index in [4.69, 9.17) is 5.73 Å². The van der Waals surface area contributed by atoms with Crippen LogP contribution in [0.25, 0.3) is 0 Å². The van der Waals surface area contributed by atoms with Crippen molar-refractivity contribution in [3.8, 4) is 0 Å². The fraction of sp³-hybridized carbons (Fsp3) is 0.611. The lowest BCUT2D eigenvalue weighted by Gasteiger charge is -2.25. The molecule has 3 rings (SSSR count). The first-order chi connectivity index (χ1) is 13.2. The number of carbonyl (C=O) groups is 1. The van der Waals surface area contributed by atoms with Crippen molar-refractivity contribution < 1.29 is 4.79 Å². The second-order valence-corrected chi connectivity index (χ2v) is 8.59. The number of aryl methyl sites for hydroxylation is 1. The summed E-state index contributed by atoms with van der Waals surface area (Å²) in [4.78, 5) is 37.5. The van der Waals surface area contributed by atoms with Crippen LogP contribution in [0.2, 0.25) is 0 Å². The summed E-state index contributed by atoms with van der Waals surface area (Å²) in [5.41, 5.74) is 4.52. The first kappa shape index (κ1) is 20.4. The maximum Gasteiger partial charge on any atom is 0.332 e. The van der Waals surface area contributed by atoms with E-state index < -0.39 is 22.3 Å². The van der Waals surface area contributed by atoms with E-state index in [-0.39, 0.29) is 11.4 Å². The Kier molecular flexibility index (Phi) is 5.78. The average molecular weight is 407 g/mol. The summed E-state index contributed by atoms with van der Waals surface area (Å²) >= 11 is 1.27. The van der Waals surface area contributed by atoms with E-state index >= 15 is 0 Å². The number of nitrogens with two attached hydrogens (primary N) is 1. The molecule has 1 fully saturated rings. The molecule has 0 spiro atoms. The lowest BCUT2D eigenvalue weighted by Crippen LogP contribution is -2.42. The van der Waals surface area contributed by atoms with Gasteiger partial charge in [-0.05, 0) is 26.7 Å². The number of Topliss-reactive ketones (excluding diaryl/α,β-unsaturated/α-hetero) is 1. The summed E-state index contributed by atoms with van der Waals surface area (Å²) in [6.45, 7) is 3.63. The molecule has 0 bridgehead atoms. The normalized spacial score (nSPS) is 16.3. The zero-order valence-corrected chi connectivity index (χ0v) is 17.5. The van der Waals surface area contributed by atoms with Crippen molar-refractivity contribution in [1.82, 2.24) is 23.9 Å². The topological polar surface area (TPSA) is 118 Å². The number of aromatic nitrogens is 5. The molecular formula is C18H26N6O3S. The number of rotatable bonds is 5. The molecule has 2 heterocycles. The van der Waals surface area contributed by atoms with Gasteiger partial charge in [-0.25, -0.2) is 4.79 Å². The van der Waals surface area contributed by atoms with Crippen molar-refractivity contribution in [2.45, 2.75) is 62.4 Å². The summed E-state index contributed by atoms with van der Waals surface area (Å²) in [5.74, 6) is 0.289. The van der Waals surface area contributed by atoms with E-state index in [1.807, 2.05) is 6.92 Å². The smallest absolute Gasteiger partial charge is 0.332 e. The number of carbonyl (C=O) groups excluding carboxylic acids is 1. The van der Waals surface area contributed by atoms with Crippen molar-refractivity contribution in [2.24, 2.45) is 14.1 Å². The van der Waals surface area contributed by atoms with Gasteiger partial charge in [-0.15, -0.1) is 10.2 Å². The van der Waals surface area contributed by atoms with Crippen LogP contribution in [-0.2, 0) is 14.1 Å². The second kappa shape index (κ2) is 7.94. The SMILES string of the molecule is Cc1nnc(SC(C)C(=O)c2c(N)n(C)c(=O)n(C)c2=O)n1C1CCCCC1. The Bertz CT molecular complexity index is 1020. The third-order valence-electron chi connectivity index (χ3n) is 5.38. The highest BCUT2D eigenvalue weighted by atomic mass is 32.2. The molecule has 1 atom stereocenters. The van der Waals surface area contributed by atoms with Gasteiger partial charge in [0.2, 0.25) is 0 Å². The van der Waals surface area contributed by atoms with Crippen LogP contribution in [0.1, 0.15) is 61.3 Å². The van der Waals surface area contributed by atoms with E-state index in [0.29, 0.717) is 11.2 Å². The molecule has 0 aliphatic heterocycles. The summed E-state index contributed by atoms with van der Waals surface area (Å²) in [6, 6.07) is 0.337. The van der Waals surface area contributed by atoms with Gasteiger partial charge in [-0.3, -0.25) is 18.7 Å². The highest BCUT2D eigenvalue weighted by molar-refractivity contribution is 8.00. The number of ketones is 1. The van der Waals surface area contributed by atoms with Crippen LogP contribution in [0.4, 0.5) is 5.82 Å². The number of anilines is 1.